The monoisotopic (exact) mass is 320 g/mol. The molecule has 0 amide bonds. The van der Waals surface area contributed by atoms with Gasteiger partial charge in [0, 0.05) is 18.8 Å². The fourth-order valence-electron chi connectivity index (χ4n) is 2.19. The highest BCUT2D eigenvalue weighted by atomic mass is 32.2. The molecular weight excluding hydrogens is 304 g/mol. The highest BCUT2D eigenvalue weighted by molar-refractivity contribution is 7.91. The van der Waals surface area contributed by atoms with E-state index >= 15 is 0 Å². The van der Waals surface area contributed by atoms with Gasteiger partial charge in [0.15, 0.2) is 4.21 Å². The summed E-state index contributed by atoms with van der Waals surface area (Å²) in [6, 6.07) is 0. The van der Waals surface area contributed by atoms with Crippen LogP contribution in [0.4, 0.5) is 0 Å². The number of hydrogen-bond acceptors (Lipinski definition) is 5. The van der Waals surface area contributed by atoms with Crippen LogP contribution in [0.25, 0.3) is 0 Å². The van der Waals surface area contributed by atoms with Crippen LogP contribution in [-0.4, -0.2) is 41.9 Å². The molecule has 0 atom stereocenters. The summed E-state index contributed by atoms with van der Waals surface area (Å²) < 4.78 is 26.1. The number of aromatic nitrogens is 1. The minimum atomic E-state index is -3.72. The van der Waals surface area contributed by atoms with Crippen molar-refractivity contribution in [2.45, 2.75) is 30.9 Å². The lowest BCUT2D eigenvalue weighted by Crippen LogP contribution is -2.45. The van der Waals surface area contributed by atoms with E-state index in [1.807, 2.05) is 0 Å². The maximum Gasteiger partial charge on any atom is 0.309 e. The quantitative estimate of drug-likeness (QED) is 0.849. The molecule has 0 unspecified atom stereocenters. The molecule has 2 rings (SSSR count). The van der Waals surface area contributed by atoms with E-state index in [0.717, 1.165) is 0 Å². The standard InChI is InChI=1S/C11H16N2O5S2/c1-7-8(19-10(16)12-7)20(17,18)13-5-3-11(2,4-6-13)9(14)15/h3-6H2,1-2H3,(H,12,16)(H,14,15). The van der Waals surface area contributed by atoms with Gasteiger partial charge in [-0.05, 0) is 26.7 Å². The largest absolute Gasteiger partial charge is 0.481 e. The first-order chi connectivity index (χ1) is 9.17. The molecule has 1 aromatic rings. The Morgan fingerprint density at radius 1 is 1.40 bits per heavy atom. The average Bonchev–Trinajstić information content (AvgIpc) is 2.69. The highest BCUT2D eigenvalue weighted by Crippen LogP contribution is 2.34. The predicted molar refractivity (Wildman–Crippen MR) is 73.4 cm³/mol. The lowest BCUT2D eigenvalue weighted by Gasteiger charge is -2.35. The zero-order valence-corrected chi connectivity index (χ0v) is 12.8. The molecule has 1 aliphatic heterocycles. The van der Waals surface area contributed by atoms with E-state index in [2.05, 4.69) is 4.98 Å². The second-order valence-electron chi connectivity index (χ2n) is 5.20. The molecule has 1 fully saturated rings. The molecule has 0 aliphatic carbocycles. The number of thiazole rings is 1. The van der Waals surface area contributed by atoms with Gasteiger partial charge in [0.1, 0.15) is 0 Å². The molecule has 20 heavy (non-hydrogen) atoms. The Hall–Kier alpha value is -1.19. The third kappa shape index (κ3) is 2.52. The number of carboxylic acid groups (broad SMARTS) is 1. The fourth-order valence-corrected chi connectivity index (χ4v) is 5.06. The van der Waals surface area contributed by atoms with E-state index < -0.39 is 26.3 Å². The maximum absolute atomic E-state index is 12.4. The van der Waals surface area contributed by atoms with Gasteiger partial charge < -0.3 is 10.1 Å². The summed E-state index contributed by atoms with van der Waals surface area (Å²) in [5.41, 5.74) is -0.557. The zero-order valence-electron chi connectivity index (χ0n) is 11.2. The van der Waals surface area contributed by atoms with Crippen molar-refractivity contribution in [1.29, 1.82) is 0 Å². The number of hydrogen-bond donors (Lipinski definition) is 2. The molecule has 112 valence electrons. The Bertz CT molecular complexity index is 680. The number of piperidine rings is 1. The molecule has 7 nitrogen and oxygen atoms in total. The Morgan fingerprint density at radius 3 is 2.35 bits per heavy atom. The number of H-pyrrole nitrogens is 1. The topological polar surface area (TPSA) is 108 Å². The van der Waals surface area contributed by atoms with Gasteiger partial charge in [-0.25, -0.2) is 8.42 Å². The normalized spacial score (nSPS) is 19.9. The first-order valence-corrected chi connectivity index (χ1v) is 8.36. The van der Waals surface area contributed by atoms with Crippen LogP contribution in [0.15, 0.2) is 9.00 Å². The van der Waals surface area contributed by atoms with E-state index in [0.29, 0.717) is 17.0 Å². The van der Waals surface area contributed by atoms with Gasteiger partial charge in [-0.15, -0.1) is 0 Å². The lowest BCUT2D eigenvalue weighted by molar-refractivity contribution is -0.150. The molecule has 2 heterocycles. The summed E-state index contributed by atoms with van der Waals surface area (Å²) in [4.78, 5) is 24.4. The molecule has 1 aliphatic rings. The van der Waals surface area contributed by atoms with Gasteiger partial charge in [0.2, 0.25) is 0 Å². The Balaban J connectivity index is 2.24. The first kappa shape index (κ1) is 15.2. The van der Waals surface area contributed by atoms with Crippen molar-refractivity contribution < 1.29 is 18.3 Å². The van der Waals surface area contributed by atoms with Gasteiger partial charge >= 0.3 is 10.8 Å². The van der Waals surface area contributed by atoms with E-state index in [-0.39, 0.29) is 30.1 Å². The number of sulfonamides is 1. The van der Waals surface area contributed by atoms with E-state index in [1.165, 1.54) is 11.2 Å². The van der Waals surface area contributed by atoms with Crippen LogP contribution in [0.1, 0.15) is 25.5 Å². The molecule has 9 heteroatoms. The summed E-state index contributed by atoms with van der Waals surface area (Å²) in [6.45, 7) is 3.46. The van der Waals surface area contributed by atoms with Crippen molar-refractivity contribution in [2.24, 2.45) is 5.41 Å². The molecule has 1 saturated heterocycles. The molecule has 0 bridgehead atoms. The Labute approximate surface area is 120 Å². The third-order valence-electron chi connectivity index (χ3n) is 3.70. The van der Waals surface area contributed by atoms with Crippen molar-refractivity contribution in [3.63, 3.8) is 0 Å². The summed E-state index contributed by atoms with van der Waals surface area (Å²) in [6.07, 6.45) is 0.528. The van der Waals surface area contributed by atoms with E-state index in [9.17, 15) is 18.0 Å². The number of nitrogens with zero attached hydrogens (tertiary/aromatic N) is 1. The number of aliphatic carboxylic acids is 1. The molecular formula is C11H16N2O5S2. The smallest absolute Gasteiger partial charge is 0.309 e. The molecule has 2 N–H and O–H groups in total. The third-order valence-corrected chi connectivity index (χ3v) is 7.18. The van der Waals surface area contributed by atoms with Crippen LogP contribution < -0.4 is 4.87 Å². The number of rotatable bonds is 3. The number of carboxylic acids is 1. The predicted octanol–water partition coefficient (Wildman–Crippen LogP) is 0.620. The van der Waals surface area contributed by atoms with Gasteiger partial charge in [-0.1, -0.05) is 11.3 Å². The minimum absolute atomic E-state index is 0.0152. The Morgan fingerprint density at radius 2 is 1.95 bits per heavy atom. The average molecular weight is 320 g/mol. The second-order valence-corrected chi connectivity index (χ2v) is 8.31. The molecule has 0 radical (unpaired) electrons. The Kier molecular flexibility index (Phi) is 3.78. The van der Waals surface area contributed by atoms with Crippen LogP contribution in [0.5, 0.6) is 0 Å². The van der Waals surface area contributed by atoms with Crippen molar-refractivity contribution in [2.75, 3.05) is 13.1 Å². The van der Waals surface area contributed by atoms with Crippen molar-refractivity contribution in [3.05, 3.63) is 15.4 Å². The van der Waals surface area contributed by atoms with Gasteiger partial charge in [0.25, 0.3) is 10.0 Å². The van der Waals surface area contributed by atoms with Crippen LogP contribution in [0, 0.1) is 12.3 Å². The number of carbonyl (C=O) groups is 1. The van der Waals surface area contributed by atoms with Crippen LogP contribution in [0.3, 0.4) is 0 Å². The molecule has 0 spiro atoms. The maximum atomic E-state index is 12.4. The SMILES string of the molecule is Cc1[nH]c(=O)sc1S(=O)(=O)N1CCC(C)(C(=O)O)CC1. The van der Waals surface area contributed by atoms with Gasteiger partial charge in [0.05, 0.1) is 5.41 Å². The number of aryl methyl sites for hydroxylation is 1. The van der Waals surface area contributed by atoms with Crippen molar-refractivity contribution >= 4 is 27.3 Å². The number of nitrogens with one attached hydrogen (secondary N) is 1. The summed E-state index contributed by atoms with van der Waals surface area (Å²) in [5.74, 6) is -0.906. The molecule has 0 saturated carbocycles. The van der Waals surface area contributed by atoms with Crippen LogP contribution in [0.2, 0.25) is 0 Å². The van der Waals surface area contributed by atoms with E-state index in [4.69, 9.17) is 5.11 Å². The van der Waals surface area contributed by atoms with Crippen LogP contribution >= 0.6 is 11.3 Å². The van der Waals surface area contributed by atoms with Crippen molar-refractivity contribution in [3.8, 4) is 0 Å². The molecule has 0 aromatic carbocycles. The van der Waals surface area contributed by atoms with Gasteiger partial charge in [-0.3, -0.25) is 9.59 Å². The zero-order chi connectivity index (χ0) is 15.1. The molecule has 1 aromatic heterocycles. The summed E-state index contributed by atoms with van der Waals surface area (Å²) in [7, 11) is -3.72. The fraction of sp³-hybridized carbons (Fsp3) is 0.636. The second kappa shape index (κ2) is 4.97. The van der Waals surface area contributed by atoms with E-state index in [1.54, 1.807) is 6.92 Å². The summed E-state index contributed by atoms with van der Waals surface area (Å²) >= 11 is 0.664. The van der Waals surface area contributed by atoms with Crippen LogP contribution in [-0.2, 0) is 14.8 Å². The minimum Gasteiger partial charge on any atom is -0.481 e. The number of aromatic amines is 1. The lowest BCUT2D eigenvalue weighted by atomic mass is 9.81. The van der Waals surface area contributed by atoms with Gasteiger partial charge in [-0.2, -0.15) is 4.31 Å². The summed E-state index contributed by atoms with van der Waals surface area (Å²) in [5, 5.41) is 9.14. The highest BCUT2D eigenvalue weighted by Gasteiger charge is 2.41. The van der Waals surface area contributed by atoms with Crippen molar-refractivity contribution in [1.82, 2.24) is 9.29 Å². The first-order valence-electron chi connectivity index (χ1n) is 6.10.